The Balaban J connectivity index is 0.00000480. The molecule has 1 aliphatic rings. The molecule has 0 aromatic heterocycles. The number of guanidine groups is 1. The number of methoxy groups -OCH3 is 1. The molecular weight excluding hydrogens is 505 g/mol. The van der Waals surface area contributed by atoms with Crippen molar-refractivity contribution in [1.29, 1.82) is 0 Å². The molecule has 0 saturated carbocycles. The van der Waals surface area contributed by atoms with Crippen molar-refractivity contribution in [2.24, 2.45) is 4.99 Å². The lowest BCUT2D eigenvalue weighted by molar-refractivity contribution is -0.130. The van der Waals surface area contributed by atoms with Crippen molar-refractivity contribution < 1.29 is 9.53 Å². The lowest BCUT2D eigenvalue weighted by Crippen LogP contribution is -2.40. The highest BCUT2D eigenvalue weighted by atomic mass is 127. The maximum absolute atomic E-state index is 12.2. The van der Waals surface area contributed by atoms with E-state index in [9.17, 15) is 4.79 Å². The SMILES string of the molecule is CCNC(=NCC(c1ccc(OC)cc1)N1CCCC1)NCCC(=O)N(CC)CC.I. The molecule has 1 aromatic carbocycles. The Labute approximate surface area is 205 Å². The Morgan fingerprint density at radius 2 is 1.77 bits per heavy atom. The average Bonchev–Trinajstić information content (AvgIpc) is 3.29. The summed E-state index contributed by atoms with van der Waals surface area (Å²) in [6.07, 6.45) is 2.95. The van der Waals surface area contributed by atoms with Gasteiger partial charge in [0, 0.05) is 32.6 Å². The van der Waals surface area contributed by atoms with Crippen LogP contribution in [-0.2, 0) is 4.79 Å². The first-order valence-electron chi connectivity index (χ1n) is 11.3. The number of benzene rings is 1. The number of nitrogens with one attached hydrogen (secondary N) is 2. The summed E-state index contributed by atoms with van der Waals surface area (Å²) in [5.41, 5.74) is 1.26. The maximum atomic E-state index is 12.2. The number of amides is 1. The lowest BCUT2D eigenvalue weighted by atomic mass is 10.1. The van der Waals surface area contributed by atoms with Gasteiger partial charge in [-0.25, -0.2) is 0 Å². The summed E-state index contributed by atoms with van der Waals surface area (Å²) in [5, 5.41) is 6.63. The Morgan fingerprint density at radius 1 is 1.13 bits per heavy atom. The Bertz CT molecular complexity index is 658. The fourth-order valence-electron chi connectivity index (χ4n) is 3.85. The summed E-state index contributed by atoms with van der Waals surface area (Å²) in [7, 11) is 1.69. The van der Waals surface area contributed by atoms with Crippen molar-refractivity contribution in [3.05, 3.63) is 29.8 Å². The van der Waals surface area contributed by atoms with Crippen LogP contribution in [0.4, 0.5) is 0 Å². The van der Waals surface area contributed by atoms with E-state index in [1.807, 2.05) is 30.9 Å². The lowest BCUT2D eigenvalue weighted by Gasteiger charge is -2.27. The van der Waals surface area contributed by atoms with Gasteiger partial charge in [-0.15, -0.1) is 24.0 Å². The van der Waals surface area contributed by atoms with Crippen molar-refractivity contribution in [1.82, 2.24) is 20.4 Å². The smallest absolute Gasteiger partial charge is 0.224 e. The number of likely N-dealkylation sites (tertiary alicyclic amines) is 1. The molecule has 1 aliphatic heterocycles. The van der Waals surface area contributed by atoms with Crippen LogP contribution in [0.2, 0.25) is 0 Å². The summed E-state index contributed by atoms with van der Waals surface area (Å²) in [5.74, 6) is 1.81. The molecule has 1 heterocycles. The number of halogens is 1. The summed E-state index contributed by atoms with van der Waals surface area (Å²) < 4.78 is 5.31. The first kappa shape index (κ1) is 27.5. The average molecular weight is 546 g/mol. The van der Waals surface area contributed by atoms with Crippen LogP contribution in [-0.4, -0.2) is 74.6 Å². The summed E-state index contributed by atoms with van der Waals surface area (Å²) in [6.45, 7) is 11.8. The third-order valence-corrected chi connectivity index (χ3v) is 5.60. The Hall–Kier alpha value is -1.55. The number of hydrogen-bond donors (Lipinski definition) is 2. The van der Waals surface area contributed by atoms with Crippen molar-refractivity contribution in [2.45, 2.75) is 46.1 Å². The second-order valence-electron chi connectivity index (χ2n) is 7.49. The highest BCUT2D eigenvalue weighted by Crippen LogP contribution is 2.27. The fraction of sp³-hybridized carbons (Fsp3) is 0.652. The van der Waals surface area contributed by atoms with Crippen LogP contribution in [0.3, 0.4) is 0 Å². The molecular formula is C23H40IN5O2. The molecule has 2 rings (SSSR count). The van der Waals surface area contributed by atoms with E-state index >= 15 is 0 Å². The van der Waals surface area contributed by atoms with E-state index in [2.05, 4.69) is 34.6 Å². The first-order chi connectivity index (χ1) is 14.6. The molecule has 1 aromatic rings. The zero-order valence-corrected chi connectivity index (χ0v) is 21.9. The van der Waals surface area contributed by atoms with Crippen LogP contribution in [0.1, 0.15) is 51.6 Å². The number of aliphatic imine (C=N–C) groups is 1. The third kappa shape index (κ3) is 8.84. The van der Waals surface area contributed by atoms with Gasteiger partial charge in [-0.2, -0.15) is 0 Å². The highest BCUT2D eigenvalue weighted by molar-refractivity contribution is 14.0. The van der Waals surface area contributed by atoms with E-state index in [1.165, 1.54) is 18.4 Å². The van der Waals surface area contributed by atoms with E-state index in [1.54, 1.807) is 7.11 Å². The largest absolute Gasteiger partial charge is 0.497 e. The molecule has 0 bridgehead atoms. The summed E-state index contributed by atoms with van der Waals surface area (Å²) in [6, 6.07) is 8.56. The summed E-state index contributed by atoms with van der Waals surface area (Å²) >= 11 is 0. The number of carbonyl (C=O) groups is 1. The molecule has 1 unspecified atom stereocenters. The molecule has 1 saturated heterocycles. The Kier molecular flexibility index (Phi) is 13.6. The van der Waals surface area contributed by atoms with Crippen molar-refractivity contribution >= 4 is 35.8 Å². The van der Waals surface area contributed by atoms with Crippen LogP contribution < -0.4 is 15.4 Å². The molecule has 8 heteroatoms. The van der Waals surface area contributed by atoms with Gasteiger partial charge in [0.1, 0.15) is 5.75 Å². The van der Waals surface area contributed by atoms with Crippen LogP contribution >= 0.6 is 24.0 Å². The van der Waals surface area contributed by atoms with E-state index in [4.69, 9.17) is 9.73 Å². The van der Waals surface area contributed by atoms with Gasteiger partial charge in [0.2, 0.25) is 5.91 Å². The molecule has 0 radical (unpaired) electrons. The summed E-state index contributed by atoms with van der Waals surface area (Å²) in [4.78, 5) is 21.5. The number of carbonyl (C=O) groups excluding carboxylic acids is 1. The molecule has 2 N–H and O–H groups in total. The Morgan fingerprint density at radius 3 is 2.32 bits per heavy atom. The molecule has 1 atom stereocenters. The number of hydrogen-bond acceptors (Lipinski definition) is 4. The van der Waals surface area contributed by atoms with Crippen molar-refractivity contribution in [3.8, 4) is 5.75 Å². The maximum Gasteiger partial charge on any atom is 0.224 e. The zero-order chi connectivity index (χ0) is 21.8. The number of ether oxygens (including phenoxy) is 1. The number of nitrogens with zero attached hydrogens (tertiary/aromatic N) is 3. The second kappa shape index (κ2) is 15.3. The molecule has 176 valence electrons. The third-order valence-electron chi connectivity index (χ3n) is 5.60. The van der Waals surface area contributed by atoms with Gasteiger partial charge in [-0.05, 0) is 64.4 Å². The molecule has 0 spiro atoms. The standard InChI is InChI=1S/C23H39N5O2.HI/c1-5-24-23(25-15-14-22(29)27(6-2)7-3)26-18-21(28-16-8-9-17-28)19-10-12-20(30-4)13-11-19;/h10-13,21H,5-9,14-18H2,1-4H3,(H2,24,25,26);1H. The van der Waals surface area contributed by atoms with Crippen LogP contribution in [0.25, 0.3) is 0 Å². The second-order valence-corrected chi connectivity index (χ2v) is 7.49. The van der Waals surface area contributed by atoms with Crippen LogP contribution in [0, 0.1) is 0 Å². The van der Waals surface area contributed by atoms with Crippen LogP contribution in [0.15, 0.2) is 29.3 Å². The predicted molar refractivity (Wildman–Crippen MR) is 138 cm³/mol. The first-order valence-corrected chi connectivity index (χ1v) is 11.3. The van der Waals surface area contributed by atoms with Crippen molar-refractivity contribution in [2.75, 3.05) is 52.9 Å². The predicted octanol–water partition coefficient (Wildman–Crippen LogP) is 3.26. The van der Waals surface area contributed by atoms with Crippen LogP contribution in [0.5, 0.6) is 5.75 Å². The number of rotatable bonds is 11. The van der Waals surface area contributed by atoms with Gasteiger partial charge in [0.15, 0.2) is 5.96 Å². The minimum Gasteiger partial charge on any atom is -0.497 e. The molecule has 1 amide bonds. The minimum atomic E-state index is 0. The van der Waals surface area contributed by atoms with Gasteiger partial charge >= 0.3 is 0 Å². The van der Waals surface area contributed by atoms with Gasteiger partial charge in [-0.1, -0.05) is 12.1 Å². The highest BCUT2D eigenvalue weighted by Gasteiger charge is 2.23. The molecule has 7 nitrogen and oxygen atoms in total. The zero-order valence-electron chi connectivity index (χ0n) is 19.5. The quantitative estimate of drug-likeness (QED) is 0.254. The normalized spacial score (nSPS) is 15.2. The monoisotopic (exact) mass is 545 g/mol. The van der Waals surface area contributed by atoms with E-state index < -0.39 is 0 Å². The minimum absolute atomic E-state index is 0. The van der Waals surface area contributed by atoms with Gasteiger partial charge in [0.05, 0.1) is 19.7 Å². The van der Waals surface area contributed by atoms with Gasteiger partial charge < -0.3 is 20.3 Å². The van der Waals surface area contributed by atoms with E-state index in [0.717, 1.165) is 44.4 Å². The van der Waals surface area contributed by atoms with Gasteiger partial charge in [0.25, 0.3) is 0 Å². The van der Waals surface area contributed by atoms with E-state index in [-0.39, 0.29) is 35.9 Å². The van der Waals surface area contributed by atoms with Crippen molar-refractivity contribution in [3.63, 3.8) is 0 Å². The van der Waals surface area contributed by atoms with E-state index in [0.29, 0.717) is 19.5 Å². The molecule has 0 aliphatic carbocycles. The molecule has 31 heavy (non-hydrogen) atoms. The fourth-order valence-corrected chi connectivity index (χ4v) is 3.85. The molecule has 1 fully saturated rings. The topological polar surface area (TPSA) is 69.2 Å². The van der Waals surface area contributed by atoms with Gasteiger partial charge in [-0.3, -0.25) is 14.7 Å².